The molecule has 0 aromatic heterocycles. The number of amides is 1. The van der Waals surface area contributed by atoms with E-state index in [1.165, 1.54) is 0 Å². The molecule has 0 aliphatic heterocycles. The molecule has 1 fully saturated rings. The smallest absolute Gasteiger partial charge is 0.326 e. The monoisotopic (exact) mass is 229 g/mol. The second kappa shape index (κ2) is 6.48. The SMILES string of the molecule is CCCCOCC(=O)NC(C(=O)O)C1CC1. The van der Waals surface area contributed by atoms with Gasteiger partial charge in [-0.05, 0) is 25.2 Å². The Bertz CT molecular complexity index is 250. The maximum absolute atomic E-state index is 11.4. The quantitative estimate of drug-likeness (QED) is 0.603. The summed E-state index contributed by atoms with van der Waals surface area (Å²) in [5.74, 6) is -1.18. The topological polar surface area (TPSA) is 75.6 Å². The number of carbonyl (C=O) groups excluding carboxylic acids is 1. The Hall–Kier alpha value is -1.10. The van der Waals surface area contributed by atoms with Crippen LogP contribution in [0.15, 0.2) is 0 Å². The molecule has 5 nitrogen and oxygen atoms in total. The van der Waals surface area contributed by atoms with Crippen LogP contribution in [0, 0.1) is 5.92 Å². The number of carboxylic acids is 1. The van der Waals surface area contributed by atoms with Gasteiger partial charge in [0.05, 0.1) is 0 Å². The van der Waals surface area contributed by atoms with Gasteiger partial charge >= 0.3 is 5.97 Å². The van der Waals surface area contributed by atoms with E-state index in [-0.39, 0.29) is 18.4 Å². The molecule has 1 unspecified atom stereocenters. The van der Waals surface area contributed by atoms with Crippen LogP contribution in [0.2, 0.25) is 0 Å². The van der Waals surface area contributed by atoms with Gasteiger partial charge in [-0.3, -0.25) is 4.79 Å². The summed E-state index contributed by atoms with van der Waals surface area (Å²) in [6, 6.07) is -0.734. The van der Waals surface area contributed by atoms with Gasteiger partial charge in [0, 0.05) is 6.61 Å². The van der Waals surface area contributed by atoms with Gasteiger partial charge in [0.15, 0.2) is 0 Å². The summed E-state index contributed by atoms with van der Waals surface area (Å²) in [6.07, 6.45) is 3.70. The van der Waals surface area contributed by atoms with Crippen LogP contribution < -0.4 is 5.32 Å². The molecule has 1 rings (SSSR count). The van der Waals surface area contributed by atoms with E-state index in [9.17, 15) is 9.59 Å². The third-order valence-corrected chi connectivity index (χ3v) is 2.55. The molecular formula is C11H19NO4. The lowest BCUT2D eigenvalue weighted by Crippen LogP contribution is -2.43. The molecule has 0 aromatic carbocycles. The molecule has 5 heteroatoms. The minimum Gasteiger partial charge on any atom is -0.480 e. The number of ether oxygens (including phenoxy) is 1. The van der Waals surface area contributed by atoms with Crippen molar-refractivity contribution >= 4 is 11.9 Å². The van der Waals surface area contributed by atoms with Crippen LogP contribution >= 0.6 is 0 Å². The lowest BCUT2D eigenvalue weighted by molar-refractivity contribution is -0.143. The Labute approximate surface area is 95.2 Å². The second-order valence-corrected chi connectivity index (χ2v) is 4.13. The van der Waals surface area contributed by atoms with Gasteiger partial charge in [-0.1, -0.05) is 13.3 Å². The number of nitrogens with one attached hydrogen (secondary N) is 1. The van der Waals surface area contributed by atoms with Crippen LogP contribution in [0.5, 0.6) is 0 Å². The van der Waals surface area contributed by atoms with E-state index < -0.39 is 12.0 Å². The van der Waals surface area contributed by atoms with Gasteiger partial charge in [0.1, 0.15) is 12.6 Å². The summed E-state index contributed by atoms with van der Waals surface area (Å²) in [6.45, 7) is 2.54. The van der Waals surface area contributed by atoms with Gasteiger partial charge < -0.3 is 15.2 Å². The highest BCUT2D eigenvalue weighted by molar-refractivity contribution is 5.84. The van der Waals surface area contributed by atoms with Gasteiger partial charge in [0.2, 0.25) is 5.91 Å². The van der Waals surface area contributed by atoms with E-state index in [2.05, 4.69) is 5.32 Å². The van der Waals surface area contributed by atoms with Gasteiger partial charge in [-0.25, -0.2) is 4.79 Å². The lowest BCUT2D eigenvalue weighted by Gasteiger charge is -2.13. The predicted octanol–water partition coefficient (Wildman–Crippen LogP) is 0.782. The fourth-order valence-electron chi connectivity index (χ4n) is 1.44. The number of carboxylic acid groups (broad SMARTS) is 1. The van der Waals surface area contributed by atoms with Crippen molar-refractivity contribution in [1.29, 1.82) is 0 Å². The molecule has 0 radical (unpaired) electrons. The molecule has 1 aliphatic carbocycles. The number of hydrogen-bond donors (Lipinski definition) is 2. The van der Waals surface area contributed by atoms with E-state index >= 15 is 0 Å². The molecule has 1 atom stereocenters. The average molecular weight is 229 g/mol. The highest BCUT2D eigenvalue weighted by Crippen LogP contribution is 2.32. The molecule has 0 aromatic rings. The fraction of sp³-hybridized carbons (Fsp3) is 0.818. The number of aliphatic carboxylic acids is 1. The summed E-state index contributed by atoms with van der Waals surface area (Å²) in [5.41, 5.74) is 0. The minimum absolute atomic E-state index is 0.0451. The third-order valence-electron chi connectivity index (χ3n) is 2.55. The molecule has 1 saturated carbocycles. The Balaban J connectivity index is 2.18. The highest BCUT2D eigenvalue weighted by Gasteiger charge is 2.37. The summed E-state index contributed by atoms with van der Waals surface area (Å²) < 4.78 is 5.11. The van der Waals surface area contributed by atoms with E-state index in [4.69, 9.17) is 9.84 Å². The maximum atomic E-state index is 11.4. The standard InChI is InChI=1S/C11H19NO4/c1-2-3-6-16-7-9(13)12-10(11(14)15)8-4-5-8/h8,10H,2-7H2,1H3,(H,12,13)(H,14,15). The first-order valence-electron chi connectivity index (χ1n) is 5.75. The Morgan fingerprint density at radius 3 is 2.69 bits per heavy atom. The molecule has 2 N–H and O–H groups in total. The van der Waals surface area contributed by atoms with Crippen molar-refractivity contribution in [2.75, 3.05) is 13.2 Å². The first-order valence-corrected chi connectivity index (χ1v) is 5.75. The lowest BCUT2D eigenvalue weighted by atomic mass is 10.2. The minimum atomic E-state index is -0.954. The summed E-state index contributed by atoms with van der Waals surface area (Å²) >= 11 is 0. The van der Waals surface area contributed by atoms with Crippen molar-refractivity contribution in [3.63, 3.8) is 0 Å². The molecule has 0 heterocycles. The molecule has 1 aliphatic rings. The number of rotatable bonds is 8. The van der Waals surface area contributed by atoms with Crippen LogP contribution in [-0.2, 0) is 14.3 Å². The molecule has 0 saturated heterocycles. The Morgan fingerprint density at radius 2 is 2.19 bits per heavy atom. The predicted molar refractivity (Wildman–Crippen MR) is 58.0 cm³/mol. The largest absolute Gasteiger partial charge is 0.480 e. The van der Waals surface area contributed by atoms with Crippen molar-refractivity contribution in [3.05, 3.63) is 0 Å². The second-order valence-electron chi connectivity index (χ2n) is 4.13. The van der Waals surface area contributed by atoms with Crippen molar-refractivity contribution < 1.29 is 19.4 Å². The highest BCUT2D eigenvalue weighted by atomic mass is 16.5. The van der Waals surface area contributed by atoms with Crippen LogP contribution in [0.1, 0.15) is 32.6 Å². The van der Waals surface area contributed by atoms with Crippen LogP contribution in [0.25, 0.3) is 0 Å². The molecule has 16 heavy (non-hydrogen) atoms. The molecule has 92 valence electrons. The molecule has 0 bridgehead atoms. The van der Waals surface area contributed by atoms with Crippen molar-refractivity contribution in [3.8, 4) is 0 Å². The molecule has 1 amide bonds. The van der Waals surface area contributed by atoms with E-state index in [1.807, 2.05) is 6.92 Å². The van der Waals surface area contributed by atoms with Crippen molar-refractivity contribution in [2.45, 2.75) is 38.6 Å². The van der Waals surface area contributed by atoms with Crippen LogP contribution in [0.3, 0.4) is 0 Å². The van der Waals surface area contributed by atoms with E-state index in [1.54, 1.807) is 0 Å². The third kappa shape index (κ3) is 4.61. The zero-order chi connectivity index (χ0) is 12.0. The van der Waals surface area contributed by atoms with Crippen LogP contribution in [0.4, 0.5) is 0 Å². The summed E-state index contributed by atoms with van der Waals surface area (Å²) in [4.78, 5) is 22.2. The number of hydrogen-bond acceptors (Lipinski definition) is 3. The first-order chi connectivity index (χ1) is 7.65. The number of carbonyl (C=O) groups is 2. The Morgan fingerprint density at radius 1 is 1.50 bits per heavy atom. The van der Waals surface area contributed by atoms with Gasteiger partial charge in [-0.15, -0.1) is 0 Å². The normalized spacial score (nSPS) is 16.8. The molecule has 0 spiro atoms. The first kappa shape index (κ1) is 13.0. The van der Waals surface area contributed by atoms with E-state index in [0.717, 1.165) is 25.7 Å². The van der Waals surface area contributed by atoms with Gasteiger partial charge in [0.25, 0.3) is 0 Å². The summed E-state index contributed by atoms with van der Waals surface area (Å²) in [7, 11) is 0. The van der Waals surface area contributed by atoms with Crippen molar-refractivity contribution in [1.82, 2.24) is 5.32 Å². The maximum Gasteiger partial charge on any atom is 0.326 e. The van der Waals surface area contributed by atoms with Crippen LogP contribution in [-0.4, -0.2) is 36.2 Å². The summed E-state index contributed by atoms with van der Waals surface area (Å²) in [5, 5.41) is 11.4. The zero-order valence-electron chi connectivity index (χ0n) is 9.57. The zero-order valence-corrected chi connectivity index (χ0v) is 9.57. The van der Waals surface area contributed by atoms with E-state index in [0.29, 0.717) is 6.61 Å². The fourth-order valence-corrected chi connectivity index (χ4v) is 1.44. The molecular weight excluding hydrogens is 210 g/mol. The number of unbranched alkanes of at least 4 members (excludes halogenated alkanes) is 1. The van der Waals surface area contributed by atoms with Gasteiger partial charge in [-0.2, -0.15) is 0 Å². The van der Waals surface area contributed by atoms with Crippen molar-refractivity contribution in [2.24, 2.45) is 5.92 Å². The average Bonchev–Trinajstić information content (AvgIpc) is 3.04. The Kier molecular flexibility index (Phi) is 5.25.